The maximum absolute atomic E-state index is 11.9. The predicted molar refractivity (Wildman–Crippen MR) is 78.3 cm³/mol. The highest BCUT2D eigenvalue weighted by Crippen LogP contribution is 2.18. The van der Waals surface area contributed by atoms with E-state index in [0.29, 0.717) is 19.4 Å². The van der Waals surface area contributed by atoms with Crippen molar-refractivity contribution in [1.82, 2.24) is 5.32 Å². The first-order valence-electron chi connectivity index (χ1n) is 6.76. The van der Waals surface area contributed by atoms with Crippen LogP contribution in [0.4, 0.5) is 0 Å². The number of amides is 1. The Morgan fingerprint density at radius 1 is 1.35 bits per heavy atom. The molecule has 1 amide bonds. The summed E-state index contributed by atoms with van der Waals surface area (Å²) in [6.45, 7) is 4.54. The normalized spacial score (nSPS) is 13.0. The first kappa shape index (κ1) is 16.5. The molecule has 0 aliphatic rings. The number of benzene rings is 1. The van der Waals surface area contributed by atoms with Gasteiger partial charge in [-0.2, -0.15) is 0 Å². The predicted octanol–water partition coefficient (Wildman–Crippen LogP) is 0.787. The Hall–Kier alpha value is -1.59. The summed E-state index contributed by atoms with van der Waals surface area (Å²) in [5.74, 6) is -0.0124. The molecule has 0 aromatic heterocycles. The van der Waals surface area contributed by atoms with Gasteiger partial charge in [0.05, 0.1) is 6.04 Å². The second kappa shape index (κ2) is 7.26. The summed E-state index contributed by atoms with van der Waals surface area (Å²) in [6.07, 6.45) is 1.05. The summed E-state index contributed by atoms with van der Waals surface area (Å²) in [5.41, 5.74) is 6.62. The van der Waals surface area contributed by atoms with Gasteiger partial charge in [0.25, 0.3) is 0 Å². The number of phenolic OH excluding ortho intramolecular Hbond substituents is 1. The molecule has 0 radical (unpaired) electrons. The van der Waals surface area contributed by atoms with Gasteiger partial charge in [-0.05, 0) is 36.0 Å². The number of rotatable bonds is 7. The zero-order valence-corrected chi connectivity index (χ0v) is 12.1. The van der Waals surface area contributed by atoms with Crippen molar-refractivity contribution in [2.75, 3.05) is 13.2 Å². The summed E-state index contributed by atoms with van der Waals surface area (Å²) in [4.78, 5) is 11.9. The molecule has 5 heteroatoms. The molecular formula is C15H24N2O3. The molecule has 0 unspecified atom stereocenters. The molecular weight excluding hydrogens is 256 g/mol. The zero-order chi connectivity index (χ0) is 15.2. The quantitative estimate of drug-likeness (QED) is 0.594. The number of aliphatic hydroxyl groups excluding tert-OH is 1. The van der Waals surface area contributed by atoms with Crippen LogP contribution in [0.25, 0.3) is 0 Å². The molecule has 1 aromatic rings. The minimum atomic E-state index is -0.621. The van der Waals surface area contributed by atoms with Crippen molar-refractivity contribution in [3.8, 4) is 5.75 Å². The van der Waals surface area contributed by atoms with Crippen molar-refractivity contribution in [1.29, 1.82) is 0 Å². The maximum atomic E-state index is 11.9. The topological polar surface area (TPSA) is 95.6 Å². The Morgan fingerprint density at radius 2 is 1.95 bits per heavy atom. The second-order valence-electron chi connectivity index (χ2n) is 5.83. The number of aromatic hydroxyl groups is 1. The summed E-state index contributed by atoms with van der Waals surface area (Å²) in [5, 5.41) is 20.9. The van der Waals surface area contributed by atoms with Gasteiger partial charge in [0, 0.05) is 13.2 Å². The Balaban J connectivity index is 2.45. The summed E-state index contributed by atoms with van der Waals surface area (Å²) in [7, 11) is 0. The van der Waals surface area contributed by atoms with Gasteiger partial charge in [-0.3, -0.25) is 4.79 Å². The molecule has 0 aliphatic heterocycles. The van der Waals surface area contributed by atoms with E-state index in [4.69, 9.17) is 10.8 Å². The highest BCUT2D eigenvalue weighted by Gasteiger charge is 2.20. The standard InChI is InChI=1S/C15H24N2O3/c1-15(2,7-8-18)10-17-14(20)13(16)9-11-3-5-12(19)6-4-11/h3-6,13,18-19H,7-10,16H2,1-2H3,(H,17,20)/t13-/m1/s1. The third kappa shape index (κ3) is 5.59. The zero-order valence-electron chi connectivity index (χ0n) is 12.1. The van der Waals surface area contributed by atoms with Gasteiger partial charge in [-0.1, -0.05) is 26.0 Å². The third-order valence-corrected chi connectivity index (χ3v) is 3.26. The van der Waals surface area contributed by atoms with Crippen molar-refractivity contribution in [2.24, 2.45) is 11.1 Å². The number of carbonyl (C=O) groups is 1. The average Bonchev–Trinajstić information content (AvgIpc) is 2.38. The molecule has 5 N–H and O–H groups in total. The lowest BCUT2D eigenvalue weighted by atomic mass is 9.89. The van der Waals surface area contributed by atoms with Gasteiger partial charge in [0.2, 0.25) is 5.91 Å². The fourth-order valence-corrected chi connectivity index (χ4v) is 1.83. The molecule has 0 aliphatic carbocycles. The molecule has 5 nitrogen and oxygen atoms in total. The van der Waals surface area contributed by atoms with Gasteiger partial charge >= 0.3 is 0 Å². The van der Waals surface area contributed by atoms with Crippen LogP contribution in [0, 0.1) is 5.41 Å². The molecule has 0 saturated heterocycles. The van der Waals surface area contributed by atoms with E-state index in [-0.39, 0.29) is 23.7 Å². The molecule has 1 rings (SSSR count). The van der Waals surface area contributed by atoms with E-state index < -0.39 is 6.04 Å². The van der Waals surface area contributed by atoms with E-state index in [1.54, 1.807) is 24.3 Å². The second-order valence-corrected chi connectivity index (χ2v) is 5.83. The van der Waals surface area contributed by atoms with Gasteiger partial charge in [-0.25, -0.2) is 0 Å². The largest absolute Gasteiger partial charge is 0.508 e. The first-order chi connectivity index (χ1) is 9.34. The van der Waals surface area contributed by atoms with Crippen molar-refractivity contribution in [2.45, 2.75) is 32.7 Å². The number of phenols is 1. The van der Waals surface area contributed by atoms with Crippen LogP contribution in [-0.4, -0.2) is 35.3 Å². The number of aliphatic hydroxyl groups is 1. The Bertz CT molecular complexity index is 429. The minimum absolute atomic E-state index is 0.0996. The van der Waals surface area contributed by atoms with Crippen LogP contribution in [0.5, 0.6) is 5.75 Å². The number of nitrogens with two attached hydrogens (primary N) is 1. The summed E-state index contributed by atoms with van der Waals surface area (Å²) < 4.78 is 0. The van der Waals surface area contributed by atoms with Gasteiger partial charge < -0.3 is 21.3 Å². The highest BCUT2D eigenvalue weighted by atomic mass is 16.3. The molecule has 20 heavy (non-hydrogen) atoms. The van der Waals surface area contributed by atoms with E-state index >= 15 is 0 Å². The van der Waals surface area contributed by atoms with Crippen molar-refractivity contribution in [3.63, 3.8) is 0 Å². The third-order valence-electron chi connectivity index (χ3n) is 3.26. The van der Waals surface area contributed by atoms with Crippen LogP contribution in [0.3, 0.4) is 0 Å². The molecule has 112 valence electrons. The van der Waals surface area contributed by atoms with Crippen LogP contribution < -0.4 is 11.1 Å². The summed E-state index contributed by atoms with van der Waals surface area (Å²) in [6, 6.07) is 6.02. The van der Waals surface area contributed by atoms with E-state index in [0.717, 1.165) is 5.56 Å². The minimum Gasteiger partial charge on any atom is -0.508 e. The van der Waals surface area contributed by atoms with Gasteiger partial charge in [-0.15, -0.1) is 0 Å². The molecule has 0 spiro atoms. The average molecular weight is 280 g/mol. The van der Waals surface area contributed by atoms with Gasteiger partial charge in [0.15, 0.2) is 0 Å². The van der Waals surface area contributed by atoms with Crippen molar-refractivity contribution in [3.05, 3.63) is 29.8 Å². The van der Waals surface area contributed by atoms with Crippen LogP contribution in [0.1, 0.15) is 25.8 Å². The molecule has 1 aromatic carbocycles. The molecule has 0 heterocycles. The Kier molecular flexibility index (Phi) is 5.98. The van der Waals surface area contributed by atoms with E-state index in [9.17, 15) is 9.90 Å². The molecule has 0 fully saturated rings. The van der Waals surface area contributed by atoms with Gasteiger partial charge in [0.1, 0.15) is 5.75 Å². The smallest absolute Gasteiger partial charge is 0.237 e. The van der Waals surface area contributed by atoms with Crippen LogP contribution in [0.15, 0.2) is 24.3 Å². The number of hydrogen-bond acceptors (Lipinski definition) is 4. The van der Waals surface area contributed by atoms with Crippen molar-refractivity contribution >= 4 is 5.91 Å². The Morgan fingerprint density at radius 3 is 2.50 bits per heavy atom. The number of nitrogens with one attached hydrogen (secondary N) is 1. The van der Waals surface area contributed by atoms with Crippen LogP contribution >= 0.6 is 0 Å². The lowest BCUT2D eigenvalue weighted by Crippen LogP contribution is -2.45. The fraction of sp³-hybridized carbons (Fsp3) is 0.533. The SMILES string of the molecule is CC(C)(CCO)CNC(=O)[C@H](N)Cc1ccc(O)cc1. The molecule has 1 atom stereocenters. The molecule has 0 bridgehead atoms. The van der Waals surface area contributed by atoms with E-state index in [1.165, 1.54) is 0 Å². The lowest BCUT2D eigenvalue weighted by Gasteiger charge is -2.24. The first-order valence-corrected chi connectivity index (χ1v) is 6.76. The summed E-state index contributed by atoms with van der Waals surface area (Å²) >= 11 is 0. The van der Waals surface area contributed by atoms with E-state index in [1.807, 2.05) is 13.8 Å². The number of hydrogen-bond donors (Lipinski definition) is 4. The van der Waals surface area contributed by atoms with Crippen LogP contribution in [0.2, 0.25) is 0 Å². The monoisotopic (exact) mass is 280 g/mol. The van der Waals surface area contributed by atoms with Crippen molar-refractivity contribution < 1.29 is 15.0 Å². The maximum Gasteiger partial charge on any atom is 0.237 e. The Labute approximate surface area is 119 Å². The number of carbonyl (C=O) groups excluding carboxylic acids is 1. The highest BCUT2D eigenvalue weighted by molar-refractivity contribution is 5.81. The van der Waals surface area contributed by atoms with E-state index in [2.05, 4.69) is 5.32 Å². The lowest BCUT2D eigenvalue weighted by molar-refractivity contribution is -0.122. The van der Waals surface area contributed by atoms with Crippen LogP contribution in [-0.2, 0) is 11.2 Å². The fourth-order valence-electron chi connectivity index (χ4n) is 1.83. The molecule has 0 saturated carbocycles.